The molecule has 0 aromatic carbocycles. The van der Waals surface area contributed by atoms with E-state index in [1.807, 2.05) is 0 Å². The van der Waals surface area contributed by atoms with Gasteiger partial charge in [-0.2, -0.15) is 13.2 Å². The second-order valence-electron chi connectivity index (χ2n) is 1.40. The molecule has 0 fully saturated rings. The third-order valence-electron chi connectivity index (χ3n) is 0.623. The molecule has 11 heavy (non-hydrogen) atoms. The van der Waals surface area contributed by atoms with Crippen LogP contribution in [0.15, 0.2) is 8.97 Å². The molecule has 0 bridgehead atoms. The highest BCUT2D eigenvalue weighted by atomic mass is 79.9. The van der Waals surface area contributed by atoms with Crippen LogP contribution in [0, 0.1) is 0 Å². The summed E-state index contributed by atoms with van der Waals surface area (Å²) in [5, 5.41) is 0. The smallest absolute Gasteiger partial charge is 0.283 e. The predicted octanol–water partition coefficient (Wildman–Crippen LogP) is 3.16. The first kappa shape index (κ1) is 11.3. The molecule has 0 radical (unpaired) electrons. The van der Waals surface area contributed by atoms with Crippen LogP contribution in [0.5, 0.6) is 0 Å². The standard InChI is InChI=1S/C4BrCl2F3O/c5-1(3(6)7)2(11)4(8,9)10. The molecule has 0 aromatic heterocycles. The molecule has 0 saturated heterocycles. The highest BCUT2D eigenvalue weighted by Gasteiger charge is 2.40. The maximum Gasteiger partial charge on any atom is 0.455 e. The fourth-order valence-corrected chi connectivity index (χ4v) is 0.607. The maximum atomic E-state index is 11.5. The number of hydrogen-bond donors (Lipinski definition) is 0. The number of Topliss-reactive ketones (excluding diaryl/α,β-unsaturated/α-hetero) is 1. The van der Waals surface area contributed by atoms with Crippen LogP contribution < -0.4 is 0 Å². The van der Waals surface area contributed by atoms with Crippen LogP contribution in [0.3, 0.4) is 0 Å². The Morgan fingerprint density at radius 1 is 1.27 bits per heavy atom. The van der Waals surface area contributed by atoms with E-state index in [0.717, 1.165) is 0 Å². The van der Waals surface area contributed by atoms with E-state index >= 15 is 0 Å². The van der Waals surface area contributed by atoms with Gasteiger partial charge in [0.25, 0.3) is 5.78 Å². The van der Waals surface area contributed by atoms with Gasteiger partial charge in [-0.3, -0.25) is 4.79 Å². The highest BCUT2D eigenvalue weighted by molar-refractivity contribution is 9.12. The second-order valence-corrected chi connectivity index (χ2v) is 3.14. The summed E-state index contributed by atoms with van der Waals surface area (Å²) in [6, 6.07) is 0. The lowest BCUT2D eigenvalue weighted by molar-refractivity contribution is -0.165. The normalized spacial score (nSPS) is 11.1. The van der Waals surface area contributed by atoms with Crippen molar-refractivity contribution in [3.05, 3.63) is 8.97 Å². The van der Waals surface area contributed by atoms with Crippen molar-refractivity contribution in [3.8, 4) is 0 Å². The van der Waals surface area contributed by atoms with E-state index in [1.165, 1.54) is 0 Å². The van der Waals surface area contributed by atoms with Crippen molar-refractivity contribution in [2.24, 2.45) is 0 Å². The van der Waals surface area contributed by atoms with E-state index in [2.05, 4.69) is 15.9 Å². The Morgan fingerprint density at radius 3 is 1.73 bits per heavy atom. The van der Waals surface area contributed by atoms with E-state index in [-0.39, 0.29) is 0 Å². The first-order valence-electron chi connectivity index (χ1n) is 2.09. The minimum Gasteiger partial charge on any atom is -0.283 e. The molecule has 0 spiro atoms. The van der Waals surface area contributed by atoms with E-state index in [9.17, 15) is 18.0 Å². The lowest BCUT2D eigenvalue weighted by Gasteiger charge is -2.02. The molecule has 1 nitrogen and oxygen atoms in total. The van der Waals surface area contributed by atoms with Gasteiger partial charge in [0, 0.05) is 0 Å². The third-order valence-corrected chi connectivity index (χ3v) is 2.21. The molecule has 0 aliphatic carbocycles. The molecule has 7 heteroatoms. The third kappa shape index (κ3) is 3.44. The van der Waals surface area contributed by atoms with Gasteiger partial charge in [-0.25, -0.2) is 0 Å². The Labute approximate surface area is 78.3 Å². The van der Waals surface area contributed by atoms with Gasteiger partial charge in [0.1, 0.15) is 8.97 Å². The van der Waals surface area contributed by atoms with Crippen molar-refractivity contribution in [2.75, 3.05) is 0 Å². The number of alkyl halides is 3. The van der Waals surface area contributed by atoms with Crippen LogP contribution in [-0.2, 0) is 4.79 Å². The number of rotatable bonds is 1. The lowest BCUT2D eigenvalue weighted by Crippen LogP contribution is -2.22. The average Bonchev–Trinajstić information content (AvgIpc) is 1.82. The van der Waals surface area contributed by atoms with Crippen molar-refractivity contribution < 1.29 is 18.0 Å². The van der Waals surface area contributed by atoms with Crippen LogP contribution in [-0.4, -0.2) is 12.0 Å². The Hall–Kier alpha value is 0.260. The number of hydrogen-bond acceptors (Lipinski definition) is 1. The van der Waals surface area contributed by atoms with Crippen LogP contribution in [0.25, 0.3) is 0 Å². The minimum absolute atomic E-state index is 0.743. The molecule has 0 atom stereocenters. The number of ketones is 1. The van der Waals surface area contributed by atoms with E-state index < -0.39 is 20.9 Å². The maximum absolute atomic E-state index is 11.5. The summed E-state index contributed by atoms with van der Waals surface area (Å²) in [6.07, 6.45) is -4.95. The summed E-state index contributed by atoms with van der Waals surface area (Å²) in [5.74, 6) is -2.10. The van der Waals surface area contributed by atoms with Crippen molar-refractivity contribution in [2.45, 2.75) is 6.18 Å². The van der Waals surface area contributed by atoms with E-state index in [1.54, 1.807) is 0 Å². The summed E-state index contributed by atoms with van der Waals surface area (Å²) in [6.45, 7) is 0. The molecule has 0 amide bonds. The van der Waals surface area contributed by atoms with Crippen molar-refractivity contribution in [1.29, 1.82) is 0 Å². The molecule has 0 unspecified atom stereocenters. The molecule has 0 aliphatic rings. The summed E-state index contributed by atoms with van der Waals surface area (Å²) in [5.41, 5.74) is 0. The molecular formula is C4BrCl2F3O. The first-order chi connectivity index (χ1) is 4.76. The van der Waals surface area contributed by atoms with Gasteiger partial charge in [0.15, 0.2) is 0 Å². The Balaban J connectivity index is 4.67. The van der Waals surface area contributed by atoms with Crippen LogP contribution in [0.4, 0.5) is 13.2 Å². The fraction of sp³-hybridized carbons (Fsp3) is 0.250. The Morgan fingerprint density at radius 2 is 1.64 bits per heavy atom. The number of halogens is 6. The summed E-state index contributed by atoms with van der Waals surface area (Å²) >= 11 is 12.1. The van der Waals surface area contributed by atoms with Crippen LogP contribution in [0.1, 0.15) is 0 Å². The zero-order valence-corrected chi connectivity index (χ0v) is 7.77. The molecule has 0 rings (SSSR count). The first-order valence-corrected chi connectivity index (χ1v) is 3.64. The molecule has 0 aromatic rings. The van der Waals surface area contributed by atoms with Gasteiger partial charge in [-0.1, -0.05) is 23.2 Å². The quantitative estimate of drug-likeness (QED) is 0.670. The molecule has 0 aliphatic heterocycles. The molecular weight excluding hydrogens is 272 g/mol. The highest BCUT2D eigenvalue weighted by Crippen LogP contribution is 2.28. The molecule has 0 saturated carbocycles. The predicted molar refractivity (Wildman–Crippen MR) is 38.7 cm³/mol. The monoisotopic (exact) mass is 270 g/mol. The minimum atomic E-state index is -4.95. The second kappa shape index (κ2) is 3.78. The van der Waals surface area contributed by atoms with Gasteiger partial charge in [-0.05, 0) is 15.9 Å². The lowest BCUT2D eigenvalue weighted by atomic mass is 10.4. The number of allylic oxidation sites excluding steroid dienone is 1. The SMILES string of the molecule is O=C(C(Br)=C(Cl)Cl)C(F)(F)F. The topological polar surface area (TPSA) is 17.1 Å². The van der Waals surface area contributed by atoms with Gasteiger partial charge in [-0.15, -0.1) is 0 Å². The summed E-state index contributed by atoms with van der Waals surface area (Å²) < 4.78 is 33.0. The largest absolute Gasteiger partial charge is 0.455 e. The number of carbonyl (C=O) groups excluding carboxylic acids is 1. The van der Waals surface area contributed by atoms with Crippen molar-refractivity contribution >= 4 is 44.9 Å². The summed E-state index contributed by atoms with van der Waals surface area (Å²) in [4.78, 5) is 10.2. The molecule has 0 N–H and O–H groups in total. The van der Waals surface area contributed by atoms with Crippen molar-refractivity contribution in [1.82, 2.24) is 0 Å². The Bertz CT molecular complexity index is 206. The van der Waals surface area contributed by atoms with Crippen molar-refractivity contribution in [3.63, 3.8) is 0 Å². The van der Waals surface area contributed by atoms with Crippen LogP contribution in [0.2, 0.25) is 0 Å². The van der Waals surface area contributed by atoms with E-state index in [0.29, 0.717) is 0 Å². The Kier molecular flexibility index (Phi) is 3.87. The van der Waals surface area contributed by atoms with Gasteiger partial charge >= 0.3 is 6.18 Å². The van der Waals surface area contributed by atoms with Crippen LogP contribution >= 0.6 is 39.1 Å². The summed E-state index contributed by atoms with van der Waals surface area (Å²) in [7, 11) is 0. The van der Waals surface area contributed by atoms with E-state index in [4.69, 9.17) is 23.2 Å². The van der Waals surface area contributed by atoms with Gasteiger partial charge in [0.05, 0.1) is 0 Å². The molecule has 0 heterocycles. The average molecular weight is 272 g/mol. The zero-order valence-electron chi connectivity index (χ0n) is 4.68. The fourth-order valence-electron chi connectivity index (χ4n) is 0.210. The number of carbonyl (C=O) groups is 1. The molecule has 64 valence electrons. The van der Waals surface area contributed by atoms with Gasteiger partial charge < -0.3 is 0 Å². The van der Waals surface area contributed by atoms with Gasteiger partial charge in [0.2, 0.25) is 0 Å². The zero-order chi connectivity index (χ0) is 9.23.